The molecule has 3 aromatic rings. The molecule has 0 bridgehead atoms. The Kier molecular flexibility index (Phi) is 5.41. The molecule has 0 saturated carbocycles. The number of hydrogen-bond donors (Lipinski definition) is 2. The van der Waals surface area contributed by atoms with Gasteiger partial charge in [0.25, 0.3) is 5.91 Å². The van der Waals surface area contributed by atoms with Crippen molar-refractivity contribution >= 4 is 45.8 Å². The quantitative estimate of drug-likeness (QED) is 0.625. The van der Waals surface area contributed by atoms with E-state index in [4.69, 9.17) is 17.3 Å². The number of hydrogen-bond acceptors (Lipinski definition) is 5. The van der Waals surface area contributed by atoms with E-state index in [2.05, 4.69) is 22.0 Å². The van der Waals surface area contributed by atoms with E-state index < -0.39 is 5.91 Å². The van der Waals surface area contributed by atoms with E-state index in [1.807, 2.05) is 18.2 Å². The number of nitrogens with zero attached hydrogens (tertiary/aromatic N) is 4. The molecule has 1 aromatic carbocycles. The molecular formula is C21H21ClN6O2. The summed E-state index contributed by atoms with van der Waals surface area (Å²) in [6, 6.07) is 8.93. The molecule has 0 radical (unpaired) electrons. The van der Waals surface area contributed by atoms with E-state index in [9.17, 15) is 9.59 Å². The van der Waals surface area contributed by atoms with Crippen molar-refractivity contribution in [1.82, 2.24) is 19.7 Å². The fourth-order valence-corrected chi connectivity index (χ4v) is 4.01. The molecule has 9 heteroatoms. The molecule has 4 rings (SSSR count). The highest BCUT2D eigenvalue weighted by molar-refractivity contribution is 6.36. The number of fused-ring (bicyclic) bond motifs is 1. The number of halogens is 1. The monoisotopic (exact) mass is 424 g/mol. The minimum absolute atomic E-state index is 0.134. The van der Waals surface area contributed by atoms with Crippen LogP contribution in [0, 0.1) is 0 Å². The maximum absolute atomic E-state index is 13.0. The summed E-state index contributed by atoms with van der Waals surface area (Å²) in [5.74, 6) is -0.366. The van der Waals surface area contributed by atoms with Gasteiger partial charge in [-0.05, 0) is 31.1 Å². The molecule has 1 saturated heterocycles. The van der Waals surface area contributed by atoms with E-state index in [0.29, 0.717) is 34.7 Å². The van der Waals surface area contributed by atoms with Crippen molar-refractivity contribution in [3.05, 3.63) is 59.9 Å². The smallest absolute Gasteiger partial charge is 0.276 e. The van der Waals surface area contributed by atoms with Gasteiger partial charge in [0.05, 0.1) is 28.2 Å². The Morgan fingerprint density at radius 1 is 1.30 bits per heavy atom. The average Bonchev–Trinajstić information content (AvgIpc) is 3.19. The van der Waals surface area contributed by atoms with E-state index in [1.165, 1.54) is 12.3 Å². The summed E-state index contributed by atoms with van der Waals surface area (Å²) in [6.45, 7) is 4.66. The standard InChI is InChI=1S/C21H21ClN6O2/c1-2-16(29)27-10-6-9-14(12-27)28-19-15(22)11-24-20(23)17(19)18(26-28)21(30)25-13-7-4-3-5-8-13/h2-5,7-8,11,14H,1,6,9-10,12H2,(H2,23,24)(H,25,30). The lowest BCUT2D eigenvalue weighted by Crippen LogP contribution is -2.40. The molecule has 1 unspecified atom stereocenters. The Labute approximate surface area is 178 Å². The first kappa shape index (κ1) is 19.9. The number of pyridine rings is 1. The summed E-state index contributed by atoms with van der Waals surface area (Å²) in [4.78, 5) is 30.9. The molecule has 1 atom stereocenters. The number of likely N-dealkylation sites (tertiary alicyclic amines) is 1. The number of piperidine rings is 1. The summed E-state index contributed by atoms with van der Waals surface area (Å²) < 4.78 is 1.71. The average molecular weight is 425 g/mol. The SMILES string of the molecule is C=CC(=O)N1CCCC(n2nc(C(=O)Nc3ccccc3)c3c(N)ncc(Cl)c32)C1. The molecule has 3 N–H and O–H groups in total. The fraction of sp³-hybridized carbons (Fsp3) is 0.238. The summed E-state index contributed by atoms with van der Waals surface area (Å²) >= 11 is 6.45. The van der Waals surface area contributed by atoms with Crippen molar-refractivity contribution in [2.45, 2.75) is 18.9 Å². The Morgan fingerprint density at radius 2 is 2.07 bits per heavy atom. The second-order valence-corrected chi connectivity index (χ2v) is 7.52. The molecule has 1 fully saturated rings. The predicted octanol–water partition coefficient (Wildman–Crippen LogP) is 3.27. The predicted molar refractivity (Wildman–Crippen MR) is 116 cm³/mol. The second kappa shape index (κ2) is 8.16. The third-order valence-electron chi connectivity index (χ3n) is 5.19. The van der Waals surface area contributed by atoms with Gasteiger partial charge in [-0.25, -0.2) is 4.98 Å². The van der Waals surface area contributed by atoms with Crippen molar-refractivity contribution in [1.29, 1.82) is 0 Å². The fourth-order valence-electron chi connectivity index (χ4n) is 3.78. The minimum Gasteiger partial charge on any atom is -0.383 e. The van der Waals surface area contributed by atoms with E-state index in [0.717, 1.165) is 12.8 Å². The maximum Gasteiger partial charge on any atom is 0.276 e. The third-order valence-corrected chi connectivity index (χ3v) is 5.46. The minimum atomic E-state index is -0.407. The highest BCUT2D eigenvalue weighted by Crippen LogP contribution is 2.34. The zero-order valence-electron chi connectivity index (χ0n) is 16.2. The van der Waals surface area contributed by atoms with Crippen LogP contribution in [0.3, 0.4) is 0 Å². The number of nitrogens with two attached hydrogens (primary N) is 1. The molecule has 30 heavy (non-hydrogen) atoms. The Balaban J connectivity index is 1.77. The van der Waals surface area contributed by atoms with E-state index in [-0.39, 0.29) is 23.5 Å². The topological polar surface area (TPSA) is 106 Å². The Hall–Kier alpha value is -3.39. The number of benzene rings is 1. The first-order valence-electron chi connectivity index (χ1n) is 9.59. The third kappa shape index (κ3) is 3.61. The molecule has 8 nitrogen and oxygen atoms in total. The Morgan fingerprint density at radius 3 is 2.80 bits per heavy atom. The molecule has 2 aromatic heterocycles. The summed E-state index contributed by atoms with van der Waals surface area (Å²) in [6.07, 6.45) is 4.34. The molecule has 0 spiro atoms. The highest BCUT2D eigenvalue weighted by atomic mass is 35.5. The summed E-state index contributed by atoms with van der Waals surface area (Å²) in [5, 5.41) is 8.17. The zero-order valence-corrected chi connectivity index (χ0v) is 17.0. The number of carbonyl (C=O) groups excluding carboxylic acids is 2. The van der Waals surface area contributed by atoms with Crippen LogP contribution in [0.1, 0.15) is 29.4 Å². The van der Waals surface area contributed by atoms with E-state index in [1.54, 1.807) is 21.7 Å². The first-order valence-corrected chi connectivity index (χ1v) is 9.97. The first-order chi connectivity index (χ1) is 14.5. The van der Waals surface area contributed by atoms with Crippen LogP contribution in [0.4, 0.5) is 11.5 Å². The summed E-state index contributed by atoms with van der Waals surface area (Å²) in [7, 11) is 0. The lowest BCUT2D eigenvalue weighted by molar-refractivity contribution is -0.127. The maximum atomic E-state index is 13.0. The second-order valence-electron chi connectivity index (χ2n) is 7.11. The zero-order chi connectivity index (χ0) is 21.3. The molecule has 2 amide bonds. The van der Waals surface area contributed by atoms with Crippen LogP contribution in [0.25, 0.3) is 10.9 Å². The van der Waals surface area contributed by atoms with Gasteiger partial charge in [-0.15, -0.1) is 0 Å². The number of anilines is 2. The number of nitrogens with one attached hydrogen (secondary N) is 1. The van der Waals surface area contributed by atoms with E-state index >= 15 is 0 Å². The van der Waals surface area contributed by atoms with Crippen molar-refractivity contribution in [3.63, 3.8) is 0 Å². The van der Waals surface area contributed by atoms with Crippen LogP contribution in [-0.2, 0) is 4.79 Å². The largest absolute Gasteiger partial charge is 0.383 e. The van der Waals surface area contributed by atoms with Crippen LogP contribution < -0.4 is 11.1 Å². The van der Waals surface area contributed by atoms with Crippen molar-refractivity contribution in [2.75, 3.05) is 24.1 Å². The van der Waals surface area contributed by atoms with Gasteiger partial charge in [0.15, 0.2) is 5.69 Å². The van der Waals surface area contributed by atoms with Crippen LogP contribution in [0.15, 0.2) is 49.2 Å². The molecule has 0 aliphatic carbocycles. The lowest BCUT2D eigenvalue weighted by atomic mass is 10.1. The van der Waals surface area contributed by atoms with Gasteiger partial charge in [0.2, 0.25) is 5.91 Å². The molecule has 154 valence electrons. The van der Waals surface area contributed by atoms with Gasteiger partial charge in [-0.2, -0.15) is 5.10 Å². The number of amides is 2. The number of aromatic nitrogens is 3. The van der Waals surface area contributed by atoms with Crippen molar-refractivity contribution in [2.24, 2.45) is 0 Å². The Bertz CT molecular complexity index is 1130. The van der Waals surface area contributed by atoms with Gasteiger partial charge in [0, 0.05) is 18.8 Å². The van der Waals surface area contributed by atoms with Gasteiger partial charge in [0.1, 0.15) is 5.82 Å². The van der Waals surface area contributed by atoms with Crippen molar-refractivity contribution < 1.29 is 9.59 Å². The van der Waals surface area contributed by atoms with Crippen LogP contribution in [0.5, 0.6) is 0 Å². The molecule has 3 heterocycles. The number of nitrogen functional groups attached to an aromatic ring is 1. The summed E-state index contributed by atoms with van der Waals surface area (Å²) in [5.41, 5.74) is 7.44. The van der Waals surface area contributed by atoms with Crippen LogP contribution in [-0.4, -0.2) is 44.6 Å². The highest BCUT2D eigenvalue weighted by Gasteiger charge is 2.29. The molecule has 1 aliphatic heterocycles. The van der Waals surface area contributed by atoms with Gasteiger partial charge in [-0.1, -0.05) is 36.4 Å². The molecule has 1 aliphatic rings. The number of rotatable bonds is 4. The normalized spacial score (nSPS) is 16.4. The van der Waals surface area contributed by atoms with Crippen molar-refractivity contribution in [3.8, 4) is 0 Å². The van der Waals surface area contributed by atoms with Gasteiger partial charge < -0.3 is 16.0 Å². The number of para-hydroxylation sites is 1. The number of carbonyl (C=O) groups is 2. The van der Waals surface area contributed by atoms with Crippen LogP contribution in [0.2, 0.25) is 5.02 Å². The lowest BCUT2D eigenvalue weighted by Gasteiger charge is -2.32. The van der Waals surface area contributed by atoms with Gasteiger partial charge >= 0.3 is 0 Å². The van der Waals surface area contributed by atoms with Gasteiger partial charge in [-0.3, -0.25) is 14.3 Å². The molecular weight excluding hydrogens is 404 g/mol. The van der Waals surface area contributed by atoms with Crippen LogP contribution >= 0.6 is 11.6 Å².